The van der Waals surface area contributed by atoms with Crippen molar-refractivity contribution in [1.82, 2.24) is 14.5 Å². The molecule has 2 saturated heterocycles. The first kappa shape index (κ1) is 24.3. The van der Waals surface area contributed by atoms with E-state index in [-0.39, 0.29) is 17.3 Å². The van der Waals surface area contributed by atoms with E-state index in [0.717, 1.165) is 62.4 Å². The zero-order chi connectivity index (χ0) is 23.3. The van der Waals surface area contributed by atoms with E-state index in [0.29, 0.717) is 5.56 Å². The van der Waals surface area contributed by atoms with Gasteiger partial charge in [0.1, 0.15) is 0 Å². The summed E-state index contributed by atoms with van der Waals surface area (Å²) < 4.78 is 28.9. The number of nitrogens with one attached hydrogen (secondary N) is 1. The highest BCUT2D eigenvalue weighted by Gasteiger charge is 2.24. The number of piperidine rings is 1. The van der Waals surface area contributed by atoms with E-state index in [1.54, 1.807) is 12.1 Å². The lowest BCUT2D eigenvalue weighted by Crippen LogP contribution is -2.36. The molecule has 2 aromatic rings. The third kappa shape index (κ3) is 6.18. The van der Waals surface area contributed by atoms with Gasteiger partial charge in [0.05, 0.1) is 10.5 Å². The van der Waals surface area contributed by atoms with Crippen molar-refractivity contribution in [2.45, 2.75) is 55.0 Å². The molecule has 178 valence electrons. The Morgan fingerprint density at radius 1 is 0.939 bits per heavy atom. The maximum atomic E-state index is 13.1. The van der Waals surface area contributed by atoms with Crippen molar-refractivity contribution in [2.75, 3.05) is 32.4 Å². The first-order valence-electron chi connectivity index (χ1n) is 11.7. The maximum absolute atomic E-state index is 13.1. The van der Waals surface area contributed by atoms with Crippen molar-refractivity contribution in [3.8, 4) is 0 Å². The Labute approximate surface area is 201 Å². The number of hydrogen-bond acceptors (Lipinski definition) is 5. The van der Waals surface area contributed by atoms with Gasteiger partial charge in [-0.05, 0) is 80.8 Å². The second-order valence-corrected chi connectivity index (χ2v) is 11.5. The smallest absolute Gasteiger partial charge is 0.255 e. The highest BCUT2D eigenvalue weighted by atomic mass is 32.2. The normalized spacial score (nSPS) is 17.4. The highest BCUT2D eigenvalue weighted by Crippen LogP contribution is 2.26. The minimum Gasteiger partial charge on any atom is -0.339 e. The van der Waals surface area contributed by atoms with Gasteiger partial charge in [0, 0.05) is 31.1 Å². The van der Waals surface area contributed by atoms with E-state index < -0.39 is 10.0 Å². The zero-order valence-electron chi connectivity index (χ0n) is 19.3. The fourth-order valence-electron chi connectivity index (χ4n) is 4.59. The number of rotatable bonds is 8. The van der Waals surface area contributed by atoms with Gasteiger partial charge in [-0.15, -0.1) is 11.8 Å². The molecule has 33 heavy (non-hydrogen) atoms. The Kier molecular flexibility index (Phi) is 8.11. The highest BCUT2D eigenvalue weighted by molar-refractivity contribution is 7.98. The Hall–Kier alpha value is -1.87. The third-order valence-electron chi connectivity index (χ3n) is 6.42. The van der Waals surface area contributed by atoms with Gasteiger partial charge in [-0.1, -0.05) is 24.3 Å². The number of sulfonamides is 1. The molecule has 8 heteroatoms. The molecule has 2 heterocycles. The first-order chi connectivity index (χ1) is 16.0. The van der Waals surface area contributed by atoms with E-state index in [9.17, 15) is 13.2 Å². The molecule has 0 saturated carbocycles. The number of hydrogen-bond donors (Lipinski definition) is 1. The largest absolute Gasteiger partial charge is 0.339 e. The van der Waals surface area contributed by atoms with Gasteiger partial charge in [-0.2, -0.15) is 0 Å². The van der Waals surface area contributed by atoms with Gasteiger partial charge >= 0.3 is 0 Å². The predicted octanol–water partition coefficient (Wildman–Crippen LogP) is 4.11. The predicted molar refractivity (Wildman–Crippen MR) is 133 cm³/mol. The van der Waals surface area contributed by atoms with Crippen LogP contribution >= 0.6 is 11.8 Å². The lowest BCUT2D eigenvalue weighted by molar-refractivity contribution is 0.0720. The minimum absolute atomic E-state index is 0.0780. The molecule has 0 spiro atoms. The summed E-state index contributed by atoms with van der Waals surface area (Å²) in [4.78, 5) is 18.3. The van der Waals surface area contributed by atoms with Gasteiger partial charge in [0.25, 0.3) is 5.91 Å². The van der Waals surface area contributed by atoms with Crippen LogP contribution in [0.25, 0.3) is 0 Å². The number of carbonyl (C=O) groups excluding carboxylic acids is 1. The monoisotopic (exact) mass is 487 g/mol. The van der Waals surface area contributed by atoms with Gasteiger partial charge in [-0.25, -0.2) is 13.1 Å². The molecule has 1 N–H and O–H groups in total. The first-order valence-corrected chi connectivity index (χ1v) is 14.4. The number of likely N-dealkylation sites (tertiary alicyclic amines) is 2. The number of carbonyl (C=O) groups is 1. The van der Waals surface area contributed by atoms with Gasteiger partial charge < -0.3 is 4.90 Å². The topological polar surface area (TPSA) is 69.7 Å². The summed E-state index contributed by atoms with van der Waals surface area (Å²) in [7, 11) is -3.75. The lowest BCUT2D eigenvalue weighted by atomic mass is 10.1. The van der Waals surface area contributed by atoms with Gasteiger partial charge in [0.2, 0.25) is 10.0 Å². The maximum Gasteiger partial charge on any atom is 0.255 e. The number of thioether (sulfide) groups is 1. The second-order valence-electron chi connectivity index (χ2n) is 8.84. The summed E-state index contributed by atoms with van der Waals surface area (Å²) in [5.74, 6) is -0.0780. The Bertz CT molecular complexity index is 1080. The summed E-state index contributed by atoms with van der Waals surface area (Å²) in [6, 6.07) is 13.0. The van der Waals surface area contributed by atoms with Crippen molar-refractivity contribution in [3.05, 3.63) is 59.2 Å². The van der Waals surface area contributed by atoms with Crippen molar-refractivity contribution in [1.29, 1.82) is 0 Å². The summed E-state index contributed by atoms with van der Waals surface area (Å²) in [5, 5.41) is 0. The number of nitrogens with zero attached hydrogens (tertiary/aromatic N) is 2. The van der Waals surface area contributed by atoms with Crippen LogP contribution in [0.3, 0.4) is 0 Å². The summed E-state index contributed by atoms with van der Waals surface area (Å²) in [5.41, 5.74) is 2.60. The van der Waals surface area contributed by atoms with E-state index in [1.807, 2.05) is 23.3 Å². The van der Waals surface area contributed by atoms with E-state index in [1.165, 1.54) is 36.2 Å². The molecule has 0 atom stereocenters. The van der Waals surface area contributed by atoms with E-state index >= 15 is 0 Å². The molecule has 2 aromatic carbocycles. The summed E-state index contributed by atoms with van der Waals surface area (Å²) in [6.45, 7) is 4.84. The minimum atomic E-state index is -3.75. The molecule has 0 bridgehead atoms. The molecule has 4 rings (SSSR count). The summed E-state index contributed by atoms with van der Waals surface area (Å²) >= 11 is 1.47. The molecule has 0 unspecified atom stereocenters. The zero-order valence-corrected chi connectivity index (χ0v) is 20.9. The van der Waals surface area contributed by atoms with Crippen LogP contribution in [0.4, 0.5) is 0 Å². The van der Waals surface area contributed by atoms with Crippen LogP contribution < -0.4 is 4.72 Å². The molecule has 1 amide bonds. The molecular formula is C25H33N3O3S2. The van der Waals surface area contributed by atoms with Crippen molar-refractivity contribution >= 4 is 27.7 Å². The average molecular weight is 488 g/mol. The van der Waals surface area contributed by atoms with Crippen LogP contribution in [0.2, 0.25) is 0 Å². The molecule has 2 aliphatic rings. The van der Waals surface area contributed by atoms with Gasteiger partial charge in [0.15, 0.2) is 0 Å². The number of benzene rings is 2. The van der Waals surface area contributed by atoms with Crippen molar-refractivity contribution in [3.63, 3.8) is 0 Å². The van der Waals surface area contributed by atoms with Crippen LogP contribution in [0.5, 0.6) is 0 Å². The van der Waals surface area contributed by atoms with Crippen LogP contribution in [-0.2, 0) is 23.1 Å². The molecule has 0 aliphatic carbocycles. The van der Waals surface area contributed by atoms with Gasteiger partial charge in [-0.3, -0.25) is 9.69 Å². The Morgan fingerprint density at radius 3 is 2.36 bits per heavy atom. The third-order valence-corrected chi connectivity index (χ3v) is 8.61. The summed E-state index contributed by atoms with van der Waals surface area (Å²) in [6.07, 6.45) is 7.53. The fourth-order valence-corrected chi connectivity index (χ4v) is 6.20. The Morgan fingerprint density at radius 2 is 1.64 bits per heavy atom. The SMILES string of the molecule is CSc1ccc(S(=O)(=O)NCc2cccc(CN3CCCC3)c2)cc1C(=O)N1CCCCC1. The molecule has 0 aromatic heterocycles. The van der Waals surface area contributed by atoms with Crippen LogP contribution in [0.15, 0.2) is 52.3 Å². The number of amides is 1. The standard InChI is InChI=1S/C25H33N3O3S2/c1-32-24-11-10-22(17-23(24)25(29)28-14-3-2-4-15-28)33(30,31)26-18-20-8-7-9-21(16-20)19-27-12-5-6-13-27/h7-11,16-17,26H,2-6,12-15,18-19H2,1H3. The fraction of sp³-hybridized carbons (Fsp3) is 0.480. The molecular weight excluding hydrogens is 454 g/mol. The quantitative estimate of drug-likeness (QED) is 0.568. The molecule has 2 aliphatic heterocycles. The lowest BCUT2D eigenvalue weighted by Gasteiger charge is -2.27. The van der Waals surface area contributed by atoms with E-state index in [2.05, 4.69) is 21.8 Å². The molecule has 2 fully saturated rings. The molecule has 6 nitrogen and oxygen atoms in total. The van der Waals surface area contributed by atoms with Crippen molar-refractivity contribution in [2.24, 2.45) is 0 Å². The van der Waals surface area contributed by atoms with Crippen LogP contribution in [0, 0.1) is 0 Å². The van der Waals surface area contributed by atoms with Crippen molar-refractivity contribution < 1.29 is 13.2 Å². The second kappa shape index (κ2) is 11.0. The van der Waals surface area contributed by atoms with Crippen LogP contribution in [0.1, 0.15) is 53.6 Å². The van der Waals surface area contributed by atoms with E-state index in [4.69, 9.17) is 0 Å². The Balaban J connectivity index is 1.47. The molecule has 0 radical (unpaired) electrons. The van der Waals surface area contributed by atoms with Crippen LogP contribution in [-0.4, -0.2) is 56.6 Å². The average Bonchev–Trinajstić information content (AvgIpc) is 3.36.